The first-order valence-corrected chi connectivity index (χ1v) is 7.38. The summed E-state index contributed by atoms with van der Waals surface area (Å²) >= 11 is 5.89. The van der Waals surface area contributed by atoms with Crippen LogP contribution in [0.15, 0.2) is 42.5 Å². The first kappa shape index (κ1) is 15.8. The van der Waals surface area contributed by atoms with E-state index in [4.69, 9.17) is 16.3 Å². The summed E-state index contributed by atoms with van der Waals surface area (Å²) in [6, 6.07) is 12.6. The molecular formula is C17H19ClFNO. The van der Waals surface area contributed by atoms with Crippen molar-refractivity contribution in [3.05, 3.63) is 64.4 Å². The Hall–Kier alpha value is -1.58. The molecule has 112 valence electrons. The van der Waals surface area contributed by atoms with Crippen molar-refractivity contribution in [3.63, 3.8) is 0 Å². The van der Waals surface area contributed by atoms with E-state index in [1.807, 2.05) is 38.1 Å². The zero-order chi connectivity index (χ0) is 15.2. The highest BCUT2D eigenvalue weighted by Crippen LogP contribution is 2.19. The topological polar surface area (TPSA) is 21.3 Å². The van der Waals surface area contributed by atoms with Crippen molar-refractivity contribution in [1.29, 1.82) is 0 Å². The molecule has 0 radical (unpaired) electrons. The molecule has 0 aliphatic rings. The van der Waals surface area contributed by atoms with Crippen molar-refractivity contribution in [2.75, 3.05) is 6.61 Å². The van der Waals surface area contributed by atoms with E-state index in [9.17, 15) is 4.39 Å². The van der Waals surface area contributed by atoms with Crippen LogP contribution < -0.4 is 10.1 Å². The van der Waals surface area contributed by atoms with Crippen LogP contribution in [-0.2, 0) is 6.54 Å². The largest absolute Gasteiger partial charge is 0.494 e. The van der Waals surface area contributed by atoms with E-state index in [-0.39, 0.29) is 11.9 Å². The van der Waals surface area contributed by atoms with Crippen LogP contribution in [0.3, 0.4) is 0 Å². The number of ether oxygens (including phenoxy) is 1. The fraction of sp³-hybridized carbons (Fsp3) is 0.294. The number of nitrogens with one attached hydrogen (secondary N) is 1. The molecule has 0 bridgehead atoms. The molecule has 0 fully saturated rings. The van der Waals surface area contributed by atoms with E-state index in [0.717, 1.165) is 11.3 Å². The Bertz CT molecular complexity index is 586. The highest BCUT2D eigenvalue weighted by molar-refractivity contribution is 6.30. The van der Waals surface area contributed by atoms with Gasteiger partial charge in [-0.05, 0) is 49.7 Å². The summed E-state index contributed by atoms with van der Waals surface area (Å²) in [5.41, 5.74) is 1.70. The number of hydrogen-bond donors (Lipinski definition) is 1. The lowest BCUT2D eigenvalue weighted by molar-refractivity contribution is 0.340. The maximum absolute atomic E-state index is 13.6. The van der Waals surface area contributed by atoms with Crippen molar-refractivity contribution in [2.45, 2.75) is 26.4 Å². The smallest absolute Gasteiger partial charge is 0.127 e. The Labute approximate surface area is 129 Å². The van der Waals surface area contributed by atoms with Gasteiger partial charge in [-0.2, -0.15) is 0 Å². The summed E-state index contributed by atoms with van der Waals surface area (Å²) in [6.07, 6.45) is 0. The Kier molecular flexibility index (Phi) is 5.59. The third kappa shape index (κ3) is 4.45. The number of benzene rings is 2. The van der Waals surface area contributed by atoms with Gasteiger partial charge in [0.25, 0.3) is 0 Å². The molecule has 0 aliphatic heterocycles. The second kappa shape index (κ2) is 7.43. The van der Waals surface area contributed by atoms with Crippen molar-refractivity contribution >= 4 is 11.6 Å². The number of hydrogen-bond acceptors (Lipinski definition) is 2. The van der Waals surface area contributed by atoms with E-state index in [2.05, 4.69) is 5.32 Å². The number of rotatable bonds is 6. The molecule has 4 heteroatoms. The minimum absolute atomic E-state index is 0.110. The van der Waals surface area contributed by atoms with E-state index in [1.54, 1.807) is 12.1 Å². The third-order valence-electron chi connectivity index (χ3n) is 3.30. The summed E-state index contributed by atoms with van der Waals surface area (Å²) in [5.74, 6) is 0.611. The van der Waals surface area contributed by atoms with Crippen molar-refractivity contribution in [1.82, 2.24) is 5.32 Å². The van der Waals surface area contributed by atoms with Crippen LogP contribution in [0.5, 0.6) is 5.75 Å². The van der Waals surface area contributed by atoms with Gasteiger partial charge in [-0.1, -0.05) is 23.7 Å². The highest BCUT2D eigenvalue weighted by Gasteiger charge is 2.08. The van der Waals surface area contributed by atoms with E-state index in [0.29, 0.717) is 23.7 Å². The predicted molar refractivity (Wildman–Crippen MR) is 84.3 cm³/mol. The number of halogens is 2. The Morgan fingerprint density at radius 1 is 1.19 bits per heavy atom. The van der Waals surface area contributed by atoms with Crippen LogP contribution >= 0.6 is 11.6 Å². The summed E-state index contributed by atoms with van der Waals surface area (Å²) < 4.78 is 19.1. The average molecular weight is 308 g/mol. The normalized spacial score (nSPS) is 12.2. The van der Waals surface area contributed by atoms with Gasteiger partial charge in [0.05, 0.1) is 6.61 Å². The van der Waals surface area contributed by atoms with Gasteiger partial charge in [0.2, 0.25) is 0 Å². The van der Waals surface area contributed by atoms with Crippen LogP contribution in [0.25, 0.3) is 0 Å². The summed E-state index contributed by atoms with van der Waals surface area (Å²) in [7, 11) is 0. The van der Waals surface area contributed by atoms with Crippen LogP contribution in [0.2, 0.25) is 5.02 Å². The molecule has 0 heterocycles. The maximum Gasteiger partial charge on any atom is 0.127 e. The van der Waals surface area contributed by atoms with Gasteiger partial charge < -0.3 is 10.1 Å². The quantitative estimate of drug-likeness (QED) is 0.833. The fourth-order valence-corrected chi connectivity index (χ4v) is 2.27. The lowest BCUT2D eigenvalue weighted by atomic mass is 10.1. The molecule has 21 heavy (non-hydrogen) atoms. The Balaban J connectivity index is 1.97. The van der Waals surface area contributed by atoms with Gasteiger partial charge in [-0.15, -0.1) is 0 Å². The first-order chi connectivity index (χ1) is 10.1. The Morgan fingerprint density at radius 3 is 2.57 bits per heavy atom. The van der Waals surface area contributed by atoms with Gasteiger partial charge in [0.15, 0.2) is 0 Å². The SMILES string of the molecule is CCOc1ccc(C(C)NCc2cc(Cl)ccc2F)cc1. The molecule has 2 aromatic carbocycles. The second-order valence-corrected chi connectivity index (χ2v) is 5.28. The second-order valence-electron chi connectivity index (χ2n) is 4.84. The minimum atomic E-state index is -0.245. The third-order valence-corrected chi connectivity index (χ3v) is 3.53. The summed E-state index contributed by atoms with van der Waals surface area (Å²) in [5, 5.41) is 3.84. The maximum atomic E-state index is 13.6. The molecular weight excluding hydrogens is 289 g/mol. The van der Waals surface area contributed by atoms with E-state index in [1.165, 1.54) is 6.07 Å². The lowest BCUT2D eigenvalue weighted by Crippen LogP contribution is -2.18. The van der Waals surface area contributed by atoms with Crippen molar-refractivity contribution < 1.29 is 9.13 Å². The average Bonchev–Trinajstić information content (AvgIpc) is 2.49. The van der Waals surface area contributed by atoms with Gasteiger partial charge in [0.1, 0.15) is 11.6 Å². The predicted octanol–water partition coefficient (Wildman–Crippen LogP) is 4.73. The van der Waals surface area contributed by atoms with E-state index >= 15 is 0 Å². The van der Waals surface area contributed by atoms with Crippen LogP contribution in [0.1, 0.15) is 31.0 Å². The molecule has 0 amide bonds. The molecule has 0 spiro atoms. The van der Waals surface area contributed by atoms with Gasteiger partial charge in [-0.3, -0.25) is 0 Å². The molecule has 2 aromatic rings. The minimum Gasteiger partial charge on any atom is -0.494 e. The molecule has 0 aromatic heterocycles. The molecule has 0 saturated heterocycles. The van der Waals surface area contributed by atoms with Gasteiger partial charge >= 0.3 is 0 Å². The zero-order valence-electron chi connectivity index (χ0n) is 12.2. The standard InChI is InChI=1S/C17H19ClFNO/c1-3-21-16-7-4-13(5-8-16)12(2)20-11-14-10-15(18)6-9-17(14)19/h4-10,12,20H,3,11H2,1-2H3. The van der Waals surface area contributed by atoms with Crippen LogP contribution in [0, 0.1) is 5.82 Å². The molecule has 0 saturated carbocycles. The molecule has 1 unspecified atom stereocenters. The molecule has 2 nitrogen and oxygen atoms in total. The molecule has 0 aliphatic carbocycles. The van der Waals surface area contributed by atoms with Crippen molar-refractivity contribution in [3.8, 4) is 5.75 Å². The van der Waals surface area contributed by atoms with Gasteiger partial charge in [0, 0.05) is 23.2 Å². The zero-order valence-corrected chi connectivity index (χ0v) is 13.0. The van der Waals surface area contributed by atoms with Crippen LogP contribution in [-0.4, -0.2) is 6.61 Å². The highest BCUT2D eigenvalue weighted by atomic mass is 35.5. The Morgan fingerprint density at radius 2 is 1.90 bits per heavy atom. The molecule has 2 rings (SSSR count). The van der Waals surface area contributed by atoms with Crippen molar-refractivity contribution in [2.24, 2.45) is 0 Å². The lowest BCUT2D eigenvalue weighted by Gasteiger charge is -2.15. The molecule has 1 atom stereocenters. The summed E-state index contributed by atoms with van der Waals surface area (Å²) in [6.45, 7) is 5.08. The first-order valence-electron chi connectivity index (χ1n) is 7.00. The van der Waals surface area contributed by atoms with Gasteiger partial charge in [-0.25, -0.2) is 4.39 Å². The van der Waals surface area contributed by atoms with E-state index < -0.39 is 0 Å². The molecule has 1 N–H and O–H groups in total. The summed E-state index contributed by atoms with van der Waals surface area (Å²) in [4.78, 5) is 0. The fourth-order valence-electron chi connectivity index (χ4n) is 2.08. The van der Waals surface area contributed by atoms with Crippen LogP contribution in [0.4, 0.5) is 4.39 Å². The monoisotopic (exact) mass is 307 g/mol.